The summed E-state index contributed by atoms with van der Waals surface area (Å²) in [6.07, 6.45) is 3.59. The first-order valence-electron chi connectivity index (χ1n) is 14.4. The van der Waals surface area contributed by atoms with E-state index in [-0.39, 0.29) is 12.1 Å². The molecule has 2 unspecified atom stereocenters. The van der Waals surface area contributed by atoms with E-state index in [0.717, 1.165) is 37.4 Å². The summed E-state index contributed by atoms with van der Waals surface area (Å²) in [5.74, 6) is -0.536. The number of allylic oxidation sites excluding steroid dienone is 2. The normalized spacial score (nSPS) is 20.8. The molecule has 218 valence electrons. The fraction of sp³-hybridized carbons (Fsp3) is 0.467. The number of dihydropyridines is 1. The number of rotatable bonds is 7. The van der Waals surface area contributed by atoms with E-state index in [0.29, 0.717) is 42.0 Å². The van der Waals surface area contributed by atoms with E-state index in [1.54, 1.807) is 10.8 Å². The van der Waals surface area contributed by atoms with Crippen molar-refractivity contribution in [1.82, 2.24) is 24.2 Å². The van der Waals surface area contributed by atoms with Crippen LogP contribution >= 0.6 is 0 Å². The lowest BCUT2D eigenvalue weighted by atomic mass is 10.0. The topological polar surface area (TPSA) is 83.6 Å². The van der Waals surface area contributed by atoms with Crippen molar-refractivity contribution in [2.45, 2.75) is 52.2 Å². The van der Waals surface area contributed by atoms with Crippen LogP contribution in [0.25, 0.3) is 11.0 Å². The van der Waals surface area contributed by atoms with Gasteiger partial charge in [0.15, 0.2) is 5.65 Å². The summed E-state index contributed by atoms with van der Waals surface area (Å²) >= 11 is 0. The van der Waals surface area contributed by atoms with Crippen molar-refractivity contribution in [1.29, 1.82) is 0 Å². The van der Waals surface area contributed by atoms with Gasteiger partial charge in [-0.15, -0.1) is 6.58 Å². The molecule has 6 rings (SSSR count). The van der Waals surface area contributed by atoms with Gasteiger partial charge in [-0.1, -0.05) is 26.0 Å². The van der Waals surface area contributed by atoms with Gasteiger partial charge in [0.05, 0.1) is 12.5 Å². The maximum Gasteiger partial charge on any atom is 0.278 e. The smallest absolute Gasteiger partial charge is 0.278 e. The van der Waals surface area contributed by atoms with Crippen LogP contribution in [0.15, 0.2) is 64.6 Å². The summed E-state index contributed by atoms with van der Waals surface area (Å²) in [6, 6.07) is 8.12. The van der Waals surface area contributed by atoms with Gasteiger partial charge in [0.1, 0.15) is 11.6 Å². The van der Waals surface area contributed by atoms with Gasteiger partial charge in [-0.25, -0.2) is 23.1 Å². The number of nitrogens with one attached hydrogen (secondary N) is 1. The van der Waals surface area contributed by atoms with E-state index < -0.39 is 18.5 Å². The molecule has 2 atom stereocenters. The van der Waals surface area contributed by atoms with Crippen LogP contribution in [0.3, 0.4) is 0 Å². The van der Waals surface area contributed by atoms with Gasteiger partial charge in [0.2, 0.25) is 12.4 Å². The number of nitrogens with zero attached hydrogens (tertiary/aromatic N) is 7. The average molecular weight is 565 g/mol. The molecular weight excluding hydrogens is 526 g/mol. The van der Waals surface area contributed by atoms with Crippen molar-refractivity contribution < 1.29 is 8.78 Å². The molecule has 1 aromatic carbocycles. The van der Waals surface area contributed by atoms with Gasteiger partial charge in [-0.05, 0) is 49.7 Å². The highest BCUT2D eigenvalue weighted by Crippen LogP contribution is 2.38. The molecule has 1 saturated heterocycles. The van der Waals surface area contributed by atoms with Crippen LogP contribution < -0.4 is 15.8 Å². The number of hydrogen-bond acceptors (Lipinski definition) is 7. The zero-order chi connectivity index (χ0) is 29.1. The lowest BCUT2D eigenvalue weighted by Gasteiger charge is -2.34. The maximum atomic E-state index is 13.7. The fourth-order valence-electron chi connectivity index (χ4n) is 5.71. The molecule has 2 aliphatic heterocycles. The van der Waals surface area contributed by atoms with Crippen LogP contribution in [0.2, 0.25) is 0 Å². The van der Waals surface area contributed by atoms with E-state index in [9.17, 15) is 13.6 Å². The van der Waals surface area contributed by atoms with Gasteiger partial charge in [0, 0.05) is 55.9 Å². The Morgan fingerprint density at radius 3 is 2.56 bits per heavy atom. The predicted molar refractivity (Wildman–Crippen MR) is 161 cm³/mol. The molecule has 1 saturated carbocycles. The zero-order valence-electron chi connectivity index (χ0n) is 23.9. The highest BCUT2D eigenvalue weighted by atomic mass is 19.3. The van der Waals surface area contributed by atoms with Gasteiger partial charge < -0.3 is 15.1 Å². The number of anilines is 3. The lowest BCUT2D eigenvalue weighted by Crippen LogP contribution is -2.44. The number of alkyl halides is 2. The van der Waals surface area contributed by atoms with Crippen LogP contribution in [-0.4, -0.2) is 69.6 Å². The van der Waals surface area contributed by atoms with E-state index in [2.05, 4.69) is 45.9 Å². The standard InChI is InChI=1S/C28H32F2N8O.C2H6/c1-3-12-37-27(39)22-17-31-28(32-19-6-8-20(9-7-19)36-15-13-35(2)14-16-36)34-26(22)38(37)23-11-5-18-4-10-21(25(29)30)24(18)33-23;1-2/h3,5-9,17,21,23,25H,1,4,10-16H2,2H3,(H,31,32,34);1-2H3. The van der Waals surface area contributed by atoms with Crippen molar-refractivity contribution >= 4 is 34.1 Å². The average Bonchev–Trinajstić information content (AvgIpc) is 3.53. The number of fused-ring (bicyclic) bond motifs is 2. The number of likely N-dealkylation sites (N-methyl/N-ethyl adjacent to an activating group) is 1. The molecule has 3 aliphatic rings. The second kappa shape index (κ2) is 12.3. The van der Waals surface area contributed by atoms with Crippen LogP contribution in [0.4, 0.5) is 26.1 Å². The molecule has 0 bridgehead atoms. The Balaban J connectivity index is 0.00000165. The van der Waals surface area contributed by atoms with Gasteiger partial charge in [0.25, 0.3) is 5.56 Å². The van der Waals surface area contributed by atoms with E-state index in [1.807, 2.05) is 32.1 Å². The third-order valence-corrected chi connectivity index (χ3v) is 7.86. The molecule has 1 aliphatic carbocycles. The molecule has 0 amide bonds. The Kier molecular flexibility index (Phi) is 8.63. The summed E-state index contributed by atoms with van der Waals surface area (Å²) < 4.78 is 30.6. The first-order valence-corrected chi connectivity index (χ1v) is 14.4. The molecule has 41 heavy (non-hydrogen) atoms. The molecule has 2 fully saturated rings. The number of aromatic nitrogens is 4. The minimum absolute atomic E-state index is 0.238. The minimum Gasteiger partial charge on any atom is -0.369 e. The van der Waals surface area contributed by atoms with E-state index in [4.69, 9.17) is 9.98 Å². The SMILES string of the molecule is C=CCn1c(=O)c2cnc(Nc3ccc(N4CCN(C)CC4)cc3)nc2n1C1CC=C2CCC(C(F)F)C2=N1.CC. The highest BCUT2D eigenvalue weighted by Gasteiger charge is 2.37. The molecule has 2 aromatic heterocycles. The molecule has 11 heteroatoms. The van der Waals surface area contributed by atoms with Crippen molar-refractivity contribution in [3.05, 3.63) is 65.1 Å². The van der Waals surface area contributed by atoms with Crippen molar-refractivity contribution in [3.63, 3.8) is 0 Å². The van der Waals surface area contributed by atoms with E-state index >= 15 is 0 Å². The zero-order valence-corrected chi connectivity index (χ0v) is 23.9. The molecule has 0 radical (unpaired) electrons. The van der Waals surface area contributed by atoms with Crippen LogP contribution in [0, 0.1) is 5.92 Å². The van der Waals surface area contributed by atoms with Gasteiger partial charge >= 0.3 is 0 Å². The van der Waals surface area contributed by atoms with Crippen LogP contribution in [0.1, 0.15) is 39.3 Å². The van der Waals surface area contributed by atoms with Crippen molar-refractivity contribution in [2.75, 3.05) is 43.4 Å². The number of halogens is 2. The third kappa shape index (κ3) is 5.68. The fourth-order valence-corrected chi connectivity index (χ4v) is 5.71. The number of benzene rings is 1. The van der Waals surface area contributed by atoms with Crippen molar-refractivity contribution in [2.24, 2.45) is 10.9 Å². The molecule has 9 nitrogen and oxygen atoms in total. The lowest BCUT2D eigenvalue weighted by molar-refractivity contribution is 0.109. The summed E-state index contributed by atoms with van der Waals surface area (Å²) in [6.45, 7) is 12.1. The molecule has 1 N–H and O–H groups in total. The summed E-state index contributed by atoms with van der Waals surface area (Å²) in [5, 5.41) is 3.59. The Labute approximate surface area is 238 Å². The second-order valence-electron chi connectivity index (χ2n) is 10.4. The Hall–Kier alpha value is -3.86. The number of aliphatic imine (C=N–C) groups is 1. The molecule has 3 aromatic rings. The van der Waals surface area contributed by atoms with Crippen LogP contribution in [0.5, 0.6) is 0 Å². The Bertz CT molecular complexity index is 1500. The Morgan fingerprint density at radius 1 is 1.15 bits per heavy atom. The van der Waals surface area contributed by atoms with Crippen molar-refractivity contribution in [3.8, 4) is 0 Å². The third-order valence-electron chi connectivity index (χ3n) is 7.86. The van der Waals surface area contributed by atoms with Gasteiger partial charge in [-0.2, -0.15) is 4.98 Å². The first-order chi connectivity index (χ1) is 19.9. The van der Waals surface area contributed by atoms with Gasteiger partial charge in [-0.3, -0.25) is 9.79 Å². The number of hydrogen-bond donors (Lipinski definition) is 1. The maximum absolute atomic E-state index is 13.7. The molecule has 4 heterocycles. The molecular formula is C30H38F2N8O. The summed E-state index contributed by atoms with van der Waals surface area (Å²) in [5.41, 5.74) is 3.48. The second-order valence-corrected chi connectivity index (χ2v) is 10.4. The van der Waals surface area contributed by atoms with Crippen LogP contribution in [-0.2, 0) is 6.54 Å². The number of piperazine rings is 1. The monoisotopic (exact) mass is 564 g/mol. The Morgan fingerprint density at radius 2 is 1.88 bits per heavy atom. The quantitative estimate of drug-likeness (QED) is 0.395. The van der Waals surface area contributed by atoms with E-state index in [1.165, 1.54) is 16.6 Å². The molecule has 0 spiro atoms. The largest absolute Gasteiger partial charge is 0.369 e. The highest BCUT2D eigenvalue weighted by molar-refractivity contribution is 6.04. The first kappa shape index (κ1) is 28.7. The summed E-state index contributed by atoms with van der Waals surface area (Å²) in [4.78, 5) is 31.8. The summed E-state index contributed by atoms with van der Waals surface area (Å²) in [7, 11) is 2.14. The predicted octanol–water partition coefficient (Wildman–Crippen LogP) is 5.25. The minimum atomic E-state index is -2.47.